The number of rotatable bonds is 5. The van der Waals surface area contributed by atoms with E-state index in [4.69, 9.17) is 16.3 Å². The Hall–Kier alpha value is -1.87. The van der Waals surface area contributed by atoms with Gasteiger partial charge in [-0.05, 0) is 30.7 Å². The third-order valence-electron chi connectivity index (χ3n) is 3.36. The van der Waals surface area contributed by atoms with E-state index in [1.807, 2.05) is 0 Å². The minimum Gasteiger partial charge on any atom is -0.483 e. The quantitative estimate of drug-likeness (QED) is 0.813. The first kappa shape index (κ1) is 18.5. The number of amides is 1. The minimum absolute atomic E-state index is 0.0373. The highest BCUT2D eigenvalue weighted by Gasteiger charge is 2.53. The lowest BCUT2D eigenvalue weighted by Gasteiger charge is -2.29. The summed E-state index contributed by atoms with van der Waals surface area (Å²) in [5.41, 5.74) is -3.52. The Kier molecular flexibility index (Phi) is 5.34. The molecular formula is C14H13ClF4N2O3. The lowest BCUT2D eigenvalue weighted by Crippen LogP contribution is -2.52. The van der Waals surface area contributed by atoms with Gasteiger partial charge in [-0.25, -0.2) is 17.6 Å². The highest BCUT2D eigenvalue weighted by Crippen LogP contribution is 2.33. The molecule has 0 fully saturated rings. The number of hydrogen-bond donors (Lipinski definition) is 1. The second-order valence-corrected chi connectivity index (χ2v) is 5.59. The van der Waals surface area contributed by atoms with E-state index >= 15 is 0 Å². The number of carbonyl (C=O) groups excluding carboxylic acids is 1. The summed E-state index contributed by atoms with van der Waals surface area (Å²) in [4.78, 5) is 12.0. The van der Waals surface area contributed by atoms with E-state index in [2.05, 4.69) is 5.10 Å². The first-order chi connectivity index (χ1) is 11.1. The zero-order valence-corrected chi connectivity index (χ0v) is 13.1. The number of carbonyl (C=O) groups is 1. The molecule has 1 aliphatic rings. The fraction of sp³-hybridized carbons (Fsp3) is 0.429. The number of halogens is 5. The average molecular weight is 369 g/mol. The van der Waals surface area contributed by atoms with Gasteiger partial charge in [-0.2, -0.15) is 10.1 Å². The maximum Gasteiger partial charge on any atom is 0.287 e. The predicted octanol–water partition coefficient (Wildman–Crippen LogP) is 2.83. The molecule has 10 heteroatoms. The molecule has 1 aromatic rings. The van der Waals surface area contributed by atoms with Crippen LogP contribution >= 0.6 is 11.6 Å². The van der Waals surface area contributed by atoms with E-state index < -0.39 is 43.2 Å². The molecule has 1 aliphatic heterocycles. The zero-order chi connectivity index (χ0) is 18.1. The predicted molar refractivity (Wildman–Crippen MR) is 77.5 cm³/mol. The Bertz CT molecular complexity index is 671. The van der Waals surface area contributed by atoms with Crippen molar-refractivity contribution in [3.8, 4) is 5.75 Å². The van der Waals surface area contributed by atoms with Gasteiger partial charge in [0.25, 0.3) is 18.8 Å². The Labute approximate surface area is 139 Å². The van der Waals surface area contributed by atoms with Crippen LogP contribution in [0.2, 0.25) is 5.02 Å². The molecule has 0 aromatic heterocycles. The lowest BCUT2D eigenvalue weighted by molar-refractivity contribution is -0.193. The third kappa shape index (κ3) is 3.62. The summed E-state index contributed by atoms with van der Waals surface area (Å²) in [6.45, 7) is 0.877. The largest absolute Gasteiger partial charge is 0.483 e. The van der Waals surface area contributed by atoms with Crippen molar-refractivity contribution in [2.24, 2.45) is 5.10 Å². The molecule has 2 rings (SSSR count). The molecule has 24 heavy (non-hydrogen) atoms. The van der Waals surface area contributed by atoms with Crippen molar-refractivity contribution < 1.29 is 32.2 Å². The van der Waals surface area contributed by atoms with Crippen molar-refractivity contribution in [2.75, 3.05) is 6.61 Å². The van der Waals surface area contributed by atoms with Crippen LogP contribution < -0.4 is 4.74 Å². The third-order valence-corrected chi connectivity index (χ3v) is 3.60. The fourth-order valence-corrected chi connectivity index (χ4v) is 2.36. The number of aliphatic hydroxyl groups is 1. The highest BCUT2D eigenvalue weighted by atomic mass is 35.5. The summed E-state index contributed by atoms with van der Waals surface area (Å²) < 4.78 is 56.5. The monoisotopic (exact) mass is 368 g/mol. The molecule has 0 unspecified atom stereocenters. The molecule has 1 N–H and O–H groups in total. The van der Waals surface area contributed by atoms with Gasteiger partial charge in [0.2, 0.25) is 5.72 Å². The van der Waals surface area contributed by atoms with E-state index in [9.17, 15) is 27.5 Å². The van der Waals surface area contributed by atoms with Gasteiger partial charge < -0.3 is 9.84 Å². The molecule has 1 atom stereocenters. The maximum absolute atomic E-state index is 13.0. The van der Waals surface area contributed by atoms with Crippen LogP contribution in [-0.2, 0) is 4.79 Å². The number of ether oxygens (including phenoxy) is 1. The van der Waals surface area contributed by atoms with Crippen LogP contribution in [0.1, 0.15) is 12.0 Å². The van der Waals surface area contributed by atoms with Crippen molar-refractivity contribution in [1.82, 2.24) is 5.01 Å². The van der Waals surface area contributed by atoms with Gasteiger partial charge in [-0.15, -0.1) is 0 Å². The first-order valence-electron chi connectivity index (χ1n) is 6.73. The van der Waals surface area contributed by atoms with Gasteiger partial charge in [0.15, 0.2) is 6.61 Å². The van der Waals surface area contributed by atoms with E-state index in [1.54, 1.807) is 13.0 Å². The van der Waals surface area contributed by atoms with E-state index in [0.29, 0.717) is 10.6 Å². The van der Waals surface area contributed by atoms with Crippen molar-refractivity contribution in [3.05, 3.63) is 28.8 Å². The summed E-state index contributed by atoms with van der Waals surface area (Å²) in [5.74, 6) is -0.923. The minimum atomic E-state index is -3.47. The second-order valence-electron chi connectivity index (χ2n) is 5.15. The molecular weight excluding hydrogens is 356 g/mol. The number of hydrazone groups is 1. The Morgan fingerprint density at radius 1 is 1.46 bits per heavy atom. The SMILES string of the molecule is Cc1cc(Cl)ccc1OCC(=O)N1N=C(C(F)F)C[C@]1(O)C(F)F. The fourth-order valence-electron chi connectivity index (χ4n) is 2.13. The molecule has 0 bridgehead atoms. The van der Waals surface area contributed by atoms with Gasteiger partial charge in [0.05, 0.1) is 0 Å². The van der Waals surface area contributed by atoms with Crippen LogP contribution in [0.5, 0.6) is 5.75 Å². The summed E-state index contributed by atoms with van der Waals surface area (Å²) in [6, 6.07) is 4.51. The van der Waals surface area contributed by atoms with Gasteiger partial charge in [-0.1, -0.05) is 11.6 Å². The topological polar surface area (TPSA) is 62.1 Å². The van der Waals surface area contributed by atoms with Gasteiger partial charge >= 0.3 is 0 Å². The van der Waals surface area contributed by atoms with Crippen LogP contribution in [0.15, 0.2) is 23.3 Å². The molecule has 132 valence electrons. The summed E-state index contributed by atoms with van der Waals surface area (Å²) in [7, 11) is 0. The van der Waals surface area contributed by atoms with Gasteiger partial charge in [0.1, 0.15) is 11.5 Å². The molecule has 1 heterocycles. The van der Waals surface area contributed by atoms with Crippen LogP contribution in [0.4, 0.5) is 17.6 Å². The number of nitrogens with zero attached hydrogens (tertiary/aromatic N) is 2. The number of alkyl halides is 4. The zero-order valence-electron chi connectivity index (χ0n) is 12.3. The molecule has 0 radical (unpaired) electrons. The van der Waals surface area contributed by atoms with Crippen LogP contribution in [0, 0.1) is 6.92 Å². The van der Waals surface area contributed by atoms with Crippen molar-refractivity contribution >= 4 is 23.2 Å². The number of hydrogen-bond acceptors (Lipinski definition) is 4. The molecule has 5 nitrogen and oxygen atoms in total. The molecule has 0 aliphatic carbocycles. The molecule has 0 spiro atoms. The van der Waals surface area contributed by atoms with Gasteiger partial charge in [0, 0.05) is 11.4 Å². The van der Waals surface area contributed by atoms with Crippen molar-refractivity contribution in [2.45, 2.75) is 31.9 Å². The lowest BCUT2D eigenvalue weighted by atomic mass is 10.1. The van der Waals surface area contributed by atoms with Crippen molar-refractivity contribution in [1.29, 1.82) is 0 Å². The number of aryl methyl sites for hydroxylation is 1. The summed E-state index contributed by atoms with van der Waals surface area (Å²) >= 11 is 5.77. The summed E-state index contributed by atoms with van der Waals surface area (Å²) in [6.07, 6.45) is -7.76. The molecule has 1 amide bonds. The maximum atomic E-state index is 13.0. The normalized spacial score (nSPS) is 20.7. The highest BCUT2D eigenvalue weighted by molar-refractivity contribution is 6.30. The molecule has 1 aromatic carbocycles. The average Bonchev–Trinajstić information content (AvgIpc) is 2.86. The Morgan fingerprint density at radius 2 is 2.12 bits per heavy atom. The summed E-state index contributed by atoms with van der Waals surface area (Å²) in [5, 5.41) is 13.4. The van der Waals surface area contributed by atoms with E-state index in [-0.39, 0.29) is 10.8 Å². The first-order valence-corrected chi connectivity index (χ1v) is 7.11. The van der Waals surface area contributed by atoms with E-state index in [1.165, 1.54) is 12.1 Å². The van der Waals surface area contributed by atoms with Gasteiger partial charge in [-0.3, -0.25) is 4.79 Å². The second kappa shape index (κ2) is 6.94. The van der Waals surface area contributed by atoms with Crippen LogP contribution in [-0.4, -0.2) is 46.9 Å². The Morgan fingerprint density at radius 3 is 2.67 bits per heavy atom. The van der Waals surface area contributed by atoms with Crippen LogP contribution in [0.25, 0.3) is 0 Å². The number of benzene rings is 1. The van der Waals surface area contributed by atoms with Crippen molar-refractivity contribution in [3.63, 3.8) is 0 Å². The smallest absolute Gasteiger partial charge is 0.287 e. The Balaban J connectivity index is 2.14. The van der Waals surface area contributed by atoms with Crippen LogP contribution in [0.3, 0.4) is 0 Å². The standard InChI is InChI=1S/C14H13ClF4N2O3/c1-7-4-8(15)2-3-10(7)24-6-11(22)21-14(23,13(18)19)5-9(20-21)12(16)17/h2-4,12-13,23H,5-6H2,1H3/t14-/m0/s1. The molecule has 0 saturated carbocycles. The molecule has 0 saturated heterocycles. The van der Waals surface area contributed by atoms with E-state index in [0.717, 1.165) is 0 Å².